The van der Waals surface area contributed by atoms with E-state index < -0.39 is 30.1 Å². The van der Waals surface area contributed by atoms with Crippen molar-refractivity contribution in [3.63, 3.8) is 0 Å². The van der Waals surface area contributed by atoms with Gasteiger partial charge in [-0.15, -0.1) is 0 Å². The van der Waals surface area contributed by atoms with Crippen molar-refractivity contribution < 1.29 is 29.3 Å². The number of carbonyl (C=O) groups is 2. The van der Waals surface area contributed by atoms with Gasteiger partial charge in [0.15, 0.2) is 5.78 Å². The summed E-state index contributed by atoms with van der Waals surface area (Å²) < 4.78 is 10.7. The maximum Gasteiger partial charge on any atom is 0.227 e. The summed E-state index contributed by atoms with van der Waals surface area (Å²) in [6.45, 7) is 5.36. The van der Waals surface area contributed by atoms with E-state index in [4.69, 9.17) is 21.1 Å². The molecule has 2 bridgehead atoms. The Bertz CT molecular complexity index is 984. The predicted octanol–water partition coefficient (Wildman–Crippen LogP) is 4.01. The molecule has 0 spiro atoms. The van der Waals surface area contributed by atoms with Gasteiger partial charge < -0.3 is 25.0 Å². The van der Waals surface area contributed by atoms with E-state index >= 15 is 0 Å². The number of halogens is 1. The van der Waals surface area contributed by atoms with Gasteiger partial charge in [0.25, 0.3) is 0 Å². The average molecular weight is 492 g/mol. The molecule has 1 aromatic rings. The standard InChI is InChI=1S/C26H34ClNO6/c1-15-7-6-8-23(33-4)22(31)13-20(29)16(2)10-17(3)21(30)14-25(32)28-19-11-18(9-15)12-24(34-5)26(19)27/h6-8,10-12,16,20-21,23,29-30H,9,13-14H2,1-5H3,(H,28,32)/t16-,20-,21-,23+/m0/s1. The first-order valence-corrected chi connectivity index (χ1v) is 11.5. The number of carbonyl (C=O) groups excluding carboxylic acids is 2. The zero-order valence-corrected chi connectivity index (χ0v) is 21.1. The van der Waals surface area contributed by atoms with Gasteiger partial charge in [-0.2, -0.15) is 0 Å². The van der Waals surface area contributed by atoms with Crippen molar-refractivity contribution in [2.45, 2.75) is 58.3 Å². The molecule has 1 aromatic carbocycles. The fourth-order valence-corrected chi connectivity index (χ4v) is 3.93. The largest absolute Gasteiger partial charge is 0.495 e. The van der Waals surface area contributed by atoms with Crippen molar-refractivity contribution in [2.75, 3.05) is 19.5 Å². The molecule has 0 radical (unpaired) electrons. The number of methoxy groups -OCH3 is 2. The lowest BCUT2D eigenvalue weighted by Crippen LogP contribution is -2.28. The van der Waals surface area contributed by atoms with Crippen LogP contribution in [0.15, 0.2) is 47.6 Å². The van der Waals surface area contributed by atoms with Crippen LogP contribution < -0.4 is 10.1 Å². The number of allylic oxidation sites excluding steroid dienone is 3. The Morgan fingerprint density at radius 1 is 1.12 bits per heavy atom. The summed E-state index contributed by atoms with van der Waals surface area (Å²) in [7, 11) is 2.94. The molecule has 0 saturated carbocycles. The Morgan fingerprint density at radius 2 is 1.82 bits per heavy atom. The minimum Gasteiger partial charge on any atom is -0.495 e. The molecule has 8 heteroatoms. The molecule has 34 heavy (non-hydrogen) atoms. The molecule has 2 rings (SSSR count). The predicted molar refractivity (Wildman–Crippen MR) is 133 cm³/mol. The number of hydrogen-bond acceptors (Lipinski definition) is 6. The van der Waals surface area contributed by atoms with Gasteiger partial charge in [-0.1, -0.05) is 42.3 Å². The molecule has 1 aliphatic rings. The Kier molecular flexibility index (Phi) is 10.5. The van der Waals surface area contributed by atoms with Crippen LogP contribution in [0, 0.1) is 5.92 Å². The van der Waals surface area contributed by atoms with E-state index in [9.17, 15) is 19.8 Å². The van der Waals surface area contributed by atoms with Gasteiger partial charge in [0, 0.05) is 19.4 Å². The summed E-state index contributed by atoms with van der Waals surface area (Å²) in [5.41, 5.74) is 2.77. The third-order valence-electron chi connectivity index (χ3n) is 5.76. The number of Topliss-reactive ketones (excluding diaryl/α,β-unsaturated/α-hetero) is 1. The zero-order chi connectivity index (χ0) is 25.4. The molecular weight excluding hydrogens is 458 g/mol. The molecule has 186 valence electrons. The molecule has 4 atom stereocenters. The first kappa shape index (κ1) is 27.8. The molecule has 1 amide bonds. The van der Waals surface area contributed by atoms with Gasteiger partial charge in [0.1, 0.15) is 16.9 Å². The van der Waals surface area contributed by atoms with Gasteiger partial charge in [-0.05, 0) is 49.6 Å². The fourth-order valence-electron chi connectivity index (χ4n) is 3.70. The Hall–Kier alpha value is -2.45. The topological polar surface area (TPSA) is 105 Å². The van der Waals surface area contributed by atoms with Crippen LogP contribution in [-0.4, -0.2) is 54.4 Å². The lowest BCUT2D eigenvalue weighted by atomic mass is 9.94. The van der Waals surface area contributed by atoms with Crippen LogP contribution in [0.3, 0.4) is 0 Å². The summed E-state index contributed by atoms with van der Waals surface area (Å²) >= 11 is 6.41. The first-order chi connectivity index (χ1) is 16.0. The van der Waals surface area contributed by atoms with Gasteiger partial charge in [-0.25, -0.2) is 0 Å². The lowest BCUT2D eigenvalue weighted by Gasteiger charge is -2.19. The van der Waals surface area contributed by atoms with E-state index in [0.717, 1.165) is 11.1 Å². The van der Waals surface area contributed by atoms with Gasteiger partial charge in [0.2, 0.25) is 5.91 Å². The monoisotopic (exact) mass is 491 g/mol. The normalized spacial score (nSPS) is 25.4. The van der Waals surface area contributed by atoms with E-state index in [1.54, 1.807) is 44.2 Å². The lowest BCUT2D eigenvalue weighted by molar-refractivity contribution is -0.128. The van der Waals surface area contributed by atoms with Crippen molar-refractivity contribution in [1.29, 1.82) is 0 Å². The third kappa shape index (κ3) is 7.81. The Labute approximate surface area is 206 Å². The highest BCUT2D eigenvalue weighted by Crippen LogP contribution is 2.34. The number of nitrogens with one attached hydrogen (secondary N) is 1. The van der Waals surface area contributed by atoms with Crippen LogP contribution in [-0.2, 0) is 20.7 Å². The molecular formula is C26H34ClNO6. The SMILES string of the molecule is COc1cc2cc(c1Cl)NC(=O)C[C@H](O)C(C)=C[C@H](C)[C@@H](O)CC(=O)[C@H](OC)C=CC=C(C)C2. The summed E-state index contributed by atoms with van der Waals surface area (Å²) in [5, 5.41) is 24.1. The van der Waals surface area contributed by atoms with E-state index in [1.165, 1.54) is 14.2 Å². The van der Waals surface area contributed by atoms with E-state index in [0.29, 0.717) is 23.4 Å². The number of anilines is 1. The second-order valence-corrected chi connectivity index (χ2v) is 9.04. The quantitative estimate of drug-likeness (QED) is 0.540. The molecule has 3 N–H and O–H groups in total. The number of rotatable bonds is 2. The number of aliphatic hydroxyl groups excluding tert-OH is 2. The number of fused-ring (bicyclic) bond motifs is 2. The maximum atomic E-state index is 12.6. The number of ketones is 1. The smallest absolute Gasteiger partial charge is 0.227 e. The number of ether oxygens (including phenoxy) is 2. The molecule has 1 aliphatic heterocycles. The highest BCUT2D eigenvalue weighted by Gasteiger charge is 2.23. The second kappa shape index (κ2) is 12.9. The van der Waals surface area contributed by atoms with Crippen molar-refractivity contribution in [1.82, 2.24) is 0 Å². The fraction of sp³-hybridized carbons (Fsp3) is 0.462. The van der Waals surface area contributed by atoms with E-state index in [-0.39, 0.29) is 23.6 Å². The molecule has 0 aromatic heterocycles. The van der Waals surface area contributed by atoms with Crippen molar-refractivity contribution in [2.24, 2.45) is 5.92 Å². The van der Waals surface area contributed by atoms with Crippen LogP contribution in [0.25, 0.3) is 0 Å². The van der Waals surface area contributed by atoms with Crippen molar-refractivity contribution in [3.05, 3.63) is 58.2 Å². The van der Waals surface area contributed by atoms with Crippen LogP contribution >= 0.6 is 11.6 Å². The summed E-state index contributed by atoms with van der Waals surface area (Å²) in [4.78, 5) is 25.3. The van der Waals surface area contributed by atoms with Crippen LogP contribution in [0.2, 0.25) is 5.02 Å². The summed E-state index contributed by atoms with van der Waals surface area (Å²) in [6, 6.07) is 3.57. The molecule has 0 fully saturated rings. The molecule has 0 saturated heterocycles. The van der Waals surface area contributed by atoms with Crippen LogP contribution in [0.1, 0.15) is 39.2 Å². The molecule has 0 aliphatic carbocycles. The third-order valence-corrected chi connectivity index (χ3v) is 6.15. The van der Waals surface area contributed by atoms with E-state index in [2.05, 4.69) is 5.32 Å². The number of amides is 1. The van der Waals surface area contributed by atoms with Gasteiger partial charge >= 0.3 is 0 Å². The second-order valence-electron chi connectivity index (χ2n) is 8.67. The highest BCUT2D eigenvalue weighted by atomic mass is 35.5. The van der Waals surface area contributed by atoms with Crippen molar-refractivity contribution >= 4 is 29.0 Å². The Morgan fingerprint density at radius 3 is 2.47 bits per heavy atom. The van der Waals surface area contributed by atoms with Crippen LogP contribution in [0.4, 0.5) is 5.69 Å². The number of hydrogen-bond donors (Lipinski definition) is 3. The van der Waals surface area contributed by atoms with Crippen LogP contribution in [0.5, 0.6) is 5.75 Å². The summed E-state index contributed by atoms with van der Waals surface area (Å²) in [6.07, 6.45) is 4.40. The van der Waals surface area contributed by atoms with Crippen molar-refractivity contribution in [3.8, 4) is 5.75 Å². The molecule has 7 nitrogen and oxygen atoms in total. The first-order valence-electron chi connectivity index (χ1n) is 11.2. The summed E-state index contributed by atoms with van der Waals surface area (Å²) in [5.74, 6) is -0.656. The average Bonchev–Trinajstić information content (AvgIpc) is 2.77. The minimum absolute atomic E-state index is 0.1000. The number of benzene rings is 1. The molecule has 0 unspecified atom stereocenters. The Balaban J connectivity index is 2.46. The minimum atomic E-state index is -1.06. The van der Waals surface area contributed by atoms with Gasteiger partial charge in [-0.3, -0.25) is 9.59 Å². The molecule has 1 heterocycles. The highest BCUT2D eigenvalue weighted by molar-refractivity contribution is 6.35. The van der Waals surface area contributed by atoms with E-state index in [1.807, 2.05) is 13.0 Å². The maximum absolute atomic E-state index is 12.6. The van der Waals surface area contributed by atoms with Gasteiger partial charge in [0.05, 0.1) is 31.4 Å². The number of aliphatic hydroxyl groups is 2. The zero-order valence-electron chi connectivity index (χ0n) is 20.3.